The van der Waals surface area contributed by atoms with Crippen molar-refractivity contribution in [2.24, 2.45) is 5.92 Å². The predicted octanol–water partition coefficient (Wildman–Crippen LogP) is 3.29. The highest BCUT2D eigenvalue weighted by Gasteiger charge is 2.29. The summed E-state index contributed by atoms with van der Waals surface area (Å²) in [5.41, 5.74) is 3.73. The Morgan fingerprint density at radius 3 is 3.00 bits per heavy atom. The second-order valence-electron chi connectivity index (χ2n) is 8.13. The Morgan fingerprint density at radius 2 is 2.23 bits per heavy atom. The summed E-state index contributed by atoms with van der Waals surface area (Å²) in [4.78, 5) is 23.7. The van der Waals surface area contributed by atoms with Crippen LogP contribution in [0.5, 0.6) is 0 Å². The van der Waals surface area contributed by atoms with E-state index in [2.05, 4.69) is 19.7 Å². The van der Waals surface area contributed by atoms with Gasteiger partial charge >= 0.3 is 0 Å². The Morgan fingerprint density at radius 1 is 1.35 bits per heavy atom. The van der Waals surface area contributed by atoms with E-state index in [-0.39, 0.29) is 5.91 Å². The van der Waals surface area contributed by atoms with Gasteiger partial charge in [0.2, 0.25) is 0 Å². The summed E-state index contributed by atoms with van der Waals surface area (Å²) in [6.45, 7) is 7.01. The Kier molecular flexibility index (Phi) is 6.46. The van der Waals surface area contributed by atoms with E-state index < -0.39 is 0 Å². The summed E-state index contributed by atoms with van der Waals surface area (Å²) in [5.74, 6) is 1.76. The number of pyridine rings is 1. The Balaban J connectivity index is 1.33. The van der Waals surface area contributed by atoms with Crippen LogP contribution in [0.25, 0.3) is 11.5 Å². The molecule has 1 atom stereocenters. The molecule has 1 fully saturated rings. The van der Waals surface area contributed by atoms with E-state index >= 15 is 0 Å². The third-order valence-electron chi connectivity index (χ3n) is 6.05. The number of amides is 1. The molecular formula is C23H29N5O3. The number of carbonyl (C=O) groups excluding carboxylic acids is 1. The molecule has 0 aliphatic carbocycles. The maximum absolute atomic E-state index is 13.1. The van der Waals surface area contributed by atoms with Crippen LogP contribution in [0, 0.1) is 19.8 Å². The molecule has 3 aromatic heterocycles. The van der Waals surface area contributed by atoms with Gasteiger partial charge in [0.05, 0.1) is 17.7 Å². The van der Waals surface area contributed by atoms with Crippen molar-refractivity contribution in [3.63, 3.8) is 0 Å². The number of carbonyl (C=O) groups is 1. The lowest BCUT2D eigenvalue weighted by molar-refractivity contribution is 0.0785. The SMILES string of the molecule is COCCn1c(C)cc(C(=O)N2CCC(CCc3noc(-c4cccnc4)n3)C2)c1C. The summed E-state index contributed by atoms with van der Waals surface area (Å²) in [5, 5.41) is 4.10. The monoisotopic (exact) mass is 423 g/mol. The number of methoxy groups -OCH3 is 1. The number of likely N-dealkylation sites (tertiary alicyclic amines) is 1. The smallest absolute Gasteiger partial charge is 0.259 e. The first-order valence-electron chi connectivity index (χ1n) is 10.7. The van der Waals surface area contributed by atoms with Crippen molar-refractivity contribution in [3.8, 4) is 11.5 Å². The average Bonchev–Trinajstić information content (AvgIpc) is 3.51. The summed E-state index contributed by atoms with van der Waals surface area (Å²) < 4.78 is 12.7. The van der Waals surface area contributed by atoms with Gasteiger partial charge in [0, 0.05) is 56.9 Å². The number of aromatic nitrogens is 4. The molecule has 1 aliphatic heterocycles. The van der Waals surface area contributed by atoms with Gasteiger partial charge in [-0.3, -0.25) is 9.78 Å². The van der Waals surface area contributed by atoms with Gasteiger partial charge < -0.3 is 18.7 Å². The minimum absolute atomic E-state index is 0.123. The number of hydrogen-bond acceptors (Lipinski definition) is 6. The first-order chi connectivity index (χ1) is 15.1. The van der Waals surface area contributed by atoms with Gasteiger partial charge in [-0.1, -0.05) is 5.16 Å². The van der Waals surface area contributed by atoms with E-state index in [0.29, 0.717) is 24.2 Å². The van der Waals surface area contributed by atoms with Gasteiger partial charge in [-0.15, -0.1) is 0 Å². The van der Waals surface area contributed by atoms with Crippen LogP contribution < -0.4 is 0 Å². The summed E-state index contributed by atoms with van der Waals surface area (Å²) in [6, 6.07) is 5.75. The molecule has 0 bridgehead atoms. The standard InChI is InChI=1S/C23H29N5O3/c1-16-13-20(17(2)28(16)11-12-30-3)23(29)27-10-8-18(15-27)6-7-21-25-22(31-26-21)19-5-4-9-24-14-19/h4-5,9,13-14,18H,6-8,10-12,15H2,1-3H3. The molecule has 0 spiro atoms. The van der Waals surface area contributed by atoms with E-state index in [1.165, 1.54) is 0 Å². The number of aryl methyl sites for hydroxylation is 2. The third-order valence-corrected chi connectivity index (χ3v) is 6.05. The van der Waals surface area contributed by atoms with Crippen LogP contribution in [-0.4, -0.2) is 57.3 Å². The van der Waals surface area contributed by atoms with Crippen LogP contribution >= 0.6 is 0 Å². The zero-order valence-electron chi connectivity index (χ0n) is 18.4. The third kappa shape index (κ3) is 4.69. The summed E-state index contributed by atoms with van der Waals surface area (Å²) in [7, 11) is 1.69. The first kappa shape index (κ1) is 21.2. The highest BCUT2D eigenvalue weighted by molar-refractivity contribution is 5.95. The Bertz CT molecular complexity index is 1030. The first-order valence-corrected chi connectivity index (χ1v) is 10.7. The molecule has 8 nitrogen and oxygen atoms in total. The van der Waals surface area contributed by atoms with Gasteiger partial charge in [-0.2, -0.15) is 4.98 Å². The fraction of sp³-hybridized carbons (Fsp3) is 0.478. The second kappa shape index (κ2) is 9.43. The number of rotatable bonds is 8. The van der Waals surface area contributed by atoms with Gasteiger partial charge in [0.1, 0.15) is 0 Å². The highest BCUT2D eigenvalue weighted by Crippen LogP contribution is 2.25. The van der Waals surface area contributed by atoms with Crippen LogP contribution in [-0.2, 0) is 17.7 Å². The molecule has 3 aromatic rings. The molecular weight excluding hydrogens is 394 g/mol. The molecule has 0 N–H and O–H groups in total. The minimum atomic E-state index is 0.123. The van der Waals surface area contributed by atoms with Crippen molar-refractivity contribution in [1.29, 1.82) is 0 Å². The molecule has 1 aliphatic rings. The summed E-state index contributed by atoms with van der Waals surface area (Å²) >= 11 is 0. The molecule has 1 unspecified atom stereocenters. The van der Waals surface area contributed by atoms with Crippen LogP contribution in [0.3, 0.4) is 0 Å². The van der Waals surface area contributed by atoms with E-state index in [4.69, 9.17) is 9.26 Å². The van der Waals surface area contributed by atoms with Gasteiger partial charge in [-0.05, 0) is 50.8 Å². The quantitative estimate of drug-likeness (QED) is 0.553. The van der Waals surface area contributed by atoms with Crippen molar-refractivity contribution >= 4 is 5.91 Å². The van der Waals surface area contributed by atoms with Crippen molar-refractivity contribution < 1.29 is 14.1 Å². The number of nitrogens with zero attached hydrogens (tertiary/aromatic N) is 5. The van der Waals surface area contributed by atoms with Gasteiger partial charge in [-0.25, -0.2) is 0 Å². The molecule has 31 heavy (non-hydrogen) atoms. The fourth-order valence-electron chi connectivity index (χ4n) is 4.26. The molecule has 4 heterocycles. The molecule has 0 aromatic carbocycles. The Hall–Kier alpha value is -3.00. The van der Waals surface area contributed by atoms with Crippen molar-refractivity contribution in [3.05, 3.63) is 53.4 Å². The fourth-order valence-corrected chi connectivity index (χ4v) is 4.26. The van der Waals surface area contributed by atoms with E-state index in [9.17, 15) is 4.79 Å². The largest absolute Gasteiger partial charge is 0.383 e. The van der Waals surface area contributed by atoms with Gasteiger partial charge in [0.25, 0.3) is 11.8 Å². The second-order valence-corrected chi connectivity index (χ2v) is 8.13. The van der Waals surface area contributed by atoms with Crippen LogP contribution in [0.15, 0.2) is 35.1 Å². The van der Waals surface area contributed by atoms with E-state index in [1.54, 1.807) is 19.5 Å². The zero-order valence-corrected chi connectivity index (χ0v) is 18.4. The predicted molar refractivity (Wildman–Crippen MR) is 116 cm³/mol. The lowest BCUT2D eigenvalue weighted by Crippen LogP contribution is -2.29. The zero-order chi connectivity index (χ0) is 21.8. The minimum Gasteiger partial charge on any atom is -0.383 e. The molecule has 1 saturated heterocycles. The highest BCUT2D eigenvalue weighted by atomic mass is 16.5. The maximum Gasteiger partial charge on any atom is 0.259 e. The molecule has 164 valence electrons. The lowest BCUT2D eigenvalue weighted by atomic mass is 10.0. The van der Waals surface area contributed by atoms with E-state index in [1.807, 2.05) is 36.9 Å². The van der Waals surface area contributed by atoms with Crippen molar-refractivity contribution in [2.75, 3.05) is 26.8 Å². The van der Waals surface area contributed by atoms with Gasteiger partial charge in [0.15, 0.2) is 5.82 Å². The summed E-state index contributed by atoms with van der Waals surface area (Å²) in [6.07, 6.45) is 6.10. The topological polar surface area (TPSA) is 86.3 Å². The molecule has 0 radical (unpaired) electrons. The molecule has 8 heteroatoms. The maximum atomic E-state index is 13.1. The van der Waals surface area contributed by atoms with Crippen molar-refractivity contribution in [1.82, 2.24) is 24.6 Å². The van der Waals surface area contributed by atoms with Crippen LogP contribution in [0.2, 0.25) is 0 Å². The van der Waals surface area contributed by atoms with Crippen molar-refractivity contribution in [2.45, 2.75) is 39.7 Å². The molecule has 0 saturated carbocycles. The molecule has 1 amide bonds. The Labute approximate surface area is 182 Å². The average molecular weight is 424 g/mol. The van der Waals surface area contributed by atoms with Crippen LogP contribution in [0.1, 0.15) is 40.4 Å². The number of ether oxygens (including phenoxy) is 1. The lowest BCUT2D eigenvalue weighted by Gasteiger charge is -2.17. The number of hydrogen-bond donors (Lipinski definition) is 0. The van der Waals surface area contributed by atoms with E-state index in [0.717, 1.165) is 61.4 Å². The normalized spacial score (nSPS) is 16.2. The molecule has 4 rings (SSSR count). The van der Waals surface area contributed by atoms with Crippen LogP contribution in [0.4, 0.5) is 0 Å².